The lowest BCUT2D eigenvalue weighted by Gasteiger charge is -2.27. The molecule has 1 aromatic heterocycles. The van der Waals surface area contributed by atoms with Crippen LogP contribution in [0.15, 0.2) is 24.5 Å². The second-order valence-corrected chi connectivity index (χ2v) is 6.29. The summed E-state index contributed by atoms with van der Waals surface area (Å²) in [6, 6.07) is 3.36. The lowest BCUT2D eigenvalue weighted by molar-refractivity contribution is -0.149. The number of esters is 1. The number of aromatic nitrogens is 1. The SMILES string of the molecule is O=C1CC(C(=O)NCCNC(=O)c2cccnc2)C2(CCCC2)O1. The van der Waals surface area contributed by atoms with Crippen molar-refractivity contribution in [3.05, 3.63) is 30.1 Å². The lowest BCUT2D eigenvalue weighted by atomic mass is 9.85. The Labute approximate surface area is 140 Å². The number of carbonyl (C=O) groups is 3. The fourth-order valence-electron chi connectivity index (χ4n) is 3.53. The Balaban J connectivity index is 1.46. The molecule has 0 radical (unpaired) electrons. The fraction of sp³-hybridized carbons (Fsp3) is 0.529. The quantitative estimate of drug-likeness (QED) is 0.614. The molecule has 2 aliphatic rings. The van der Waals surface area contributed by atoms with Gasteiger partial charge in [-0.25, -0.2) is 0 Å². The molecular formula is C17H21N3O4. The predicted molar refractivity (Wildman–Crippen MR) is 85.0 cm³/mol. The van der Waals surface area contributed by atoms with Crippen molar-refractivity contribution in [2.45, 2.75) is 37.7 Å². The van der Waals surface area contributed by atoms with Gasteiger partial charge < -0.3 is 15.4 Å². The zero-order valence-corrected chi connectivity index (χ0v) is 13.4. The first-order valence-corrected chi connectivity index (χ1v) is 8.28. The molecule has 7 nitrogen and oxygen atoms in total. The summed E-state index contributed by atoms with van der Waals surface area (Å²) in [5.74, 6) is -1.11. The molecular weight excluding hydrogens is 310 g/mol. The molecule has 2 heterocycles. The van der Waals surface area contributed by atoms with E-state index in [9.17, 15) is 14.4 Å². The number of hydrogen-bond donors (Lipinski definition) is 2. The number of amides is 2. The summed E-state index contributed by atoms with van der Waals surface area (Å²) in [5, 5.41) is 5.52. The molecule has 1 aliphatic carbocycles. The van der Waals surface area contributed by atoms with Gasteiger partial charge in [0, 0.05) is 25.5 Å². The Morgan fingerprint density at radius 2 is 2.00 bits per heavy atom. The van der Waals surface area contributed by atoms with Crippen molar-refractivity contribution in [2.75, 3.05) is 13.1 Å². The molecule has 128 valence electrons. The van der Waals surface area contributed by atoms with Crippen LogP contribution < -0.4 is 10.6 Å². The minimum absolute atomic E-state index is 0.147. The van der Waals surface area contributed by atoms with Crippen LogP contribution in [-0.4, -0.2) is 41.5 Å². The topological polar surface area (TPSA) is 97.4 Å². The summed E-state index contributed by atoms with van der Waals surface area (Å²) >= 11 is 0. The summed E-state index contributed by atoms with van der Waals surface area (Å²) in [4.78, 5) is 39.8. The van der Waals surface area contributed by atoms with Crippen molar-refractivity contribution in [3.8, 4) is 0 Å². The number of nitrogens with one attached hydrogen (secondary N) is 2. The van der Waals surface area contributed by atoms with Crippen LogP contribution in [0.4, 0.5) is 0 Å². The lowest BCUT2D eigenvalue weighted by Crippen LogP contribution is -2.44. The van der Waals surface area contributed by atoms with Crippen molar-refractivity contribution >= 4 is 17.8 Å². The first-order valence-electron chi connectivity index (χ1n) is 8.28. The van der Waals surface area contributed by atoms with E-state index >= 15 is 0 Å². The highest BCUT2D eigenvalue weighted by molar-refractivity contribution is 5.93. The average Bonchev–Trinajstić information content (AvgIpc) is 3.19. The predicted octanol–water partition coefficient (Wildman–Crippen LogP) is 0.804. The highest BCUT2D eigenvalue weighted by Crippen LogP contribution is 2.45. The third-order valence-electron chi connectivity index (χ3n) is 4.72. The van der Waals surface area contributed by atoms with E-state index in [-0.39, 0.29) is 24.2 Å². The fourth-order valence-corrected chi connectivity index (χ4v) is 3.53. The summed E-state index contributed by atoms with van der Waals surface area (Å²) in [5.41, 5.74) is -0.122. The largest absolute Gasteiger partial charge is 0.458 e. The smallest absolute Gasteiger partial charge is 0.307 e. The van der Waals surface area contributed by atoms with E-state index in [4.69, 9.17) is 4.74 Å². The van der Waals surface area contributed by atoms with Crippen LogP contribution >= 0.6 is 0 Å². The maximum Gasteiger partial charge on any atom is 0.307 e. The van der Waals surface area contributed by atoms with Gasteiger partial charge in [0.2, 0.25) is 5.91 Å². The Kier molecular flexibility index (Phi) is 4.78. The average molecular weight is 331 g/mol. The van der Waals surface area contributed by atoms with Gasteiger partial charge in [-0.2, -0.15) is 0 Å². The van der Waals surface area contributed by atoms with Crippen molar-refractivity contribution in [1.29, 1.82) is 0 Å². The third kappa shape index (κ3) is 3.39. The zero-order valence-electron chi connectivity index (χ0n) is 13.4. The first kappa shape index (κ1) is 16.4. The zero-order chi connectivity index (χ0) is 17.0. The molecule has 24 heavy (non-hydrogen) atoms. The molecule has 1 unspecified atom stereocenters. The van der Waals surface area contributed by atoms with Gasteiger partial charge in [-0.15, -0.1) is 0 Å². The molecule has 1 aliphatic heterocycles. The molecule has 1 aromatic rings. The van der Waals surface area contributed by atoms with Gasteiger partial charge in [-0.05, 0) is 37.8 Å². The number of hydrogen-bond acceptors (Lipinski definition) is 5. The summed E-state index contributed by atoms with van der Waals surface area (Å²) < 4.78 is 5.47. The van der Waals surface area contributed by atoms with E-state index in [0.717, 1.165) is 25.7 Å². The van der Waals surface area contributed by atoms with Crippen molar-refractivity contribution in [3.63, 3.8) is 0 Å². The normalized spacial score (nSPS) is 21.5. The minimum Gasteiger partial charge on any atom is -0.458 e. The van der Waals surface area contributed by atoms with E-state index in [1.165, 1.54) is 6.20 Å². The molecule has 2 N–H and O–H groups in total. The molecule has 2 fully saturated rings. The van der Waals surface area contributed by atoms with E-state index in [1.54, 1.807) is 18.3 Å². The van der Waals surface area contributed by atoms with Gasteiger partial charge in [0.25, 0.3) is 5.91 Å². The van der Waals surface area contributed by atoms with Crippen LogP contribution in [0.5, 0.6) is 0 Å². The van der Waals surface area contributed by atoms with Crippen molar-refractivity contribution in [2.24, 2.45) is 5.92 Å². The van der Waals surface area contributed by atoms with Crippen LogP contribution in [0.1, 0.15) is 42.5 Å². The highest BCUT2D eigenvalue weighted by atomic mass is 16.6. The van der Waals surface area contributed by atoms with Crippen LogP contribution in [-0.2, 0) is 14.3 Å². The third-order valence-corrected chi connectivity index (χ3v) is 4.72. The highest BCUT2D eigenvalue weighted by Gasteiger charge is 2.53. The Morgan fingerprint density at radius 1 is 1.25 bits per heavy atom. The van der Waals surface area contributed by atoms with Crippen LogP contribution in [0.2, 0.25) is 0 Å². The van der Waals surface area contributed by atoms with Crippen molar-refractivity contribution in [1.82, 2.24) is 15.6 Å². The number of rotatable bonds is 5. The van der Waals surface area contributed by atoms with Gasteiger partial charge in [-0.1, -0.05) is 0 Å². The van der Waals surface area contributed by atoms with E-state index in [2.05, 4.69) is 15.6 Å². The first-order chi connectivity index (χ1) is 11.6. The number of pyridine rings is 1. The maximum atomic E-state index is 12.4. The molecule has 0 bridgehead atoms. The summed E-state index contributed by atoms with van der Waals surface area (Å²) in [6.07, 6.45) is 6.72. The maximum absolute atomic E-state index is 12.4. The molecule has 1 saturated carbocycles. The monoisotopic (exact) mass is 331 g/mol. The van der Waals surface area contributed by atoms with Crippen LogP contribution in [0.25, 0.3) is 0 Å². The van der Waals surface area contributed by atoms with E-state index in [1.807, 2.05) is 0 Å². The van der Waals surface area contributed by atoms with Gasteiger partial charge in [0.05, 0.1) is 17.9 Å². The van der Waals surface area contributed by atoms with Gasteiger partial charge >= 0.3 is 5.97 Å². The molecule has 1 spiro atoms. The summed E-state index contributed by atoms with van der Waals surface area (Å²) in [6.45, 7) is 0.625. The molecule has 1 saturated heterocycles. The van der Waals surface area contributed by atoms with Crippen molar-refractivity contribution < 1.29 is 19.1 Å². The van der Waals surface area contributed by atoms with Crippen LogP contribution in [0.3, 0.4) is 0 Å². The standard InChI is InChI=1S/C17H21N3O4/c21-14-10-13(17(24-14)5-1-2-6-17)16(23)20-9-8-19-15(22)12-4-3-7-18-11-12/h3-4,7,11,13H,1-2,5-6,8-10H2,(H,19,22)(H,20,23). The Bertz CT molecular complexity index is 626. The number of ether oxygens (including phenoxy) is 1. The molecule has 1 atom stereocenters. The molecule has 0 aromatic carbocycles. The molecule has 7 heteroatoms. The Hall–Kier alpha value is -2.44. The van der Waals surface area contributed by atoms with E-state index in [0.29, 0.717) is 18.7 Å². The Morgan fingerprint density at radius 3 is 2.71 bits per heavy atom. The minimum atomic E-state index is -0.597. The number of carbonyl (C=O) groups excluding carboxylic acids is 3. The second kappa shape index (κ2) is 6.98. The molecule has 2 amide bonds. The summed E-state index contributed by atoms with van der Waals surface area (Å²) in [7, 11) is 0. The second-order valence-electron chi connectivity index (χ2n) is 6.29. The van der Waals surface area contributed by atoms with Crippen LogP contribution in [0, 0.1) is 5.92 Å². The van der Waals surface area contributed by atoms with Gasteiger partial charge in [0.1, 0.15) is 5.60 Å². The molecule has 3 rings (SSSR count). The van der Waals surface area contributed by atoms with Gasteiger partial charge in [0.15, 0.2) is 0 Å². The number of nitrogens with zero attached hydrogens (tertiary/aromatic N) is 1. The van der Waals surface area contributed by atoms with Gasteiger partial charge in [-0.3, -0.25) is 19.4 Å². The van der Waals surface area contributed by atoms with E-state index < -0.39 is 11.5 Å².